The van der Waals surface area contributed by atoms with Crippen molar-refractivity contribution in [3.05, 3.63) is 21.4 Å². The van der Waals surface area contributed by atoms with Crippen LogP contribution in [0, 0.1) is 13.8 Å². The third-order valence-corrected chi connectivity index (χ3v) is 4.27. The second kappa shape index (κ2) is 8.02. The van der Waals surface area contributed by atoms with E-state index in [9.17, 15) is 9.59 Å². The van der Waals surface area contributed by atoms with E-state index in [1.54, 1.807) is 11.3 Å². The van der Waals surface area contributed by atoms with Gasteiger partial charge in [0.1, 0.15) is 0 Å². The third-order valence-electron chi connectivity index (χ3n) is 3.29. The van der Waals surface area contributed by atoms with Gasteiger partial charge >= 0.3 is 12.0 Å². The van der Waals surface area contributed by atoms with E-state index in [1.807, 2.05) is 27.7 Å². The normalized spacial score (nSPS) is 13.5. The number of aryl methyl sites for hydroxylation is 2. The summed E-state index contributed by atoms with van der Waals surface area (Å²) in [7, 11) is 0. The van der Waals surface area contributed by atoms with Crippen LogP contribution in [-0.4, -0.2) is 23.1 Å². The fourth-order valence-corrected chi connectivity index (χ4v) is 3.39. The number of nitrogens with one attached hydrogen (secondary N) is 2. The lowest BCUT2D eigenvalue weighted by Crippen LogP contribution is -2.43. The van der Waals surface area contributed by atoms with Crippen LogP contribution >= 0.6 is 11.3 Å². The van der Waals surface area contributed by atoms with Gasteiger partial charge in [-0.2, -0.15) is 0 Å². The molecule has 0 aliphatic rings. The van der Waals surface area contributed by atoms with Gasteiger partial charge in [0.25, 0.3) is 0 Å². The highest BCUT2D eigenvalue weighted by Crippen LogP contribution is 2.25. The molecular formula is C15H24N2O3S. The van der Waals surface area contributed by atoms with Crippen LogP contribution in [0.2, 0.25) is 0 Å². The standard InChI is InChI=1S/C15H24N2O3S/c1-5-6-12(8-14(18)19)17-15(20)16-10(3)13-7-9(2)21-11(13)4/h7,10,12H,5-6,8H2,1-4H3,(H,18,19)(H2,16,17,20). The van der Waals surface area contributed by atoms with Gasteiger partial charge < -0.3 is 15.7 Å². The van der Waals surface area contributed by atoms with Crippen molar-refractivity contribution in [1.29, 1.82) is 0 Å². The molecule has 1 aromatic rings. The highest BCUT2D eigenvalue weighted by Gasteiger charge is 2.18. The van der Waals surface area contributed by atoms with Gasteiger partial charge in [-0.1, -0.05) is 13.3 Å². The molecule has 2 amide bonds. The summed E-state index contributed by atoms with van der Waals surface area (Å²) < 4.78 is 0. The Morgan fingerprint density at radius 2 is 2.00 bits per heavy atom. The molecule has 118 valence electrons. The molecule has 0 aromatic carbocycles. The maximum atomic E-state index is 12.0. The molecule has 5 nitrogen and oxygen atoms in total. The average Bonchev–Trinajstić information content (AvgIpc) is 2.67. The molecule has 0 fully saturated rings. The summed E-state index contributed by atoms with van der Waals surface area (Å²) in [6.07, 6.45) is 1.44. The van der Waals surface area contributed by atoms with Crippen molar-refractivity contribution in [3.63, 3.8) is 0 Å². The molecule has 0 spiro atoms. The first kappa shape index (κ1) is 17.5. The molecule has 2 atom stereocenters. The van der Waals surface area contributed by atoms with Crippen LogP contribution in [0.5, 0.6) is 0 Å². The summed E-state index contributed by atoms with van der Waals surface area (Å²) in [6, 6.07) is 1.34. The molecule has 21 heavy (non-hydrogen) atoms. The van der Waals surface area contributed by atoms with E-state index in [1.165, 1.54) is 9.75 Å². The number of urea groups is 1. The Morgan fingerprint density at radius 1 is 1.33 bits per heavy atom. The second-order valence-electron chi connectivity index (χ2n) is 5.29. The quantitative estimate of drug-likeness (QED) is 0.722. The van der Waals surface area contributed by atoms with Crippen molar-refractivity contribution in [2.75, 3.05) is 0 Å². The van der Waals surface area contributed by atoms with E-state index in [2.05, 4.69) is 16.7 Å². The summed E-state index contributed by atoms with van der Waals surface area (Å²) in [5.41, 5.74) is 1.11. The molecule has 0 bridgehead atoms. The largest absolute Gasteiger partial charge is 0.481 e. The summed E-state index contributed by atoms with van der Waals surface area (Å²) in [6.45, 7) is 7.97. The molecule has 0 saturated carbocycles. The first-order chi connectivity index (χ1) is 9.83. The third kappa shape index (κ3) is 5.75. The summed E-state index contributed by atoms with van der Waals surface area (Å²) >= 11 is 1.71. The molecule has 0 aliphatic heterocycles. The lowest BCUT2D eigenvalue weighted by atomic mass is 10.1. The lowest BCUT2D eigenvalue weighted by Gasteiger charge is -2.19. The predicted octanol–water partition coefficient (Wildman–Crippen LogP) is 3.37. The highest BCUT2D eigenvalue weighted by molar-refractivity contribution is 7.12. The minimum absolute atomic E-state index is 0.0494. The van der Waals surface area contributed by atoms with Crippen LogP contribution in [0.25, 0.3) is 0 Å². The lowest BCUT2D eigenvalue weighted by molar-refractivity contribution is -0.137. The SMILES string of the molecule is CCCC(CC(=O)O)NC(=O)NC(C)c1cc(C)sc1C. The predicted molar refractivity (Wildman–Crippen MR) is 84.8 cm³/mol. The van der Waals surface area contributed by atoms with Gasteiger partial charge in [0.05, 0.1) is 12.5 Å². The van der Waals surface area contributed by atoms with Crippen LogP contribution in [0.4, 0.5) is 4.79 Å². The van der Waals surface area contributed by atoms with Crippen LogP contribution in [0.3, 0.4) is 0 Å². The molecule has 1 aromatic heterocycles. The van der Waals surface area contributed by atoms with E-state index in [-0.39, 0.29) is 24.5 Å². The van der Waals surface area contributed by atoms with Gasteiger partial charge in [0, 0.05) is 15.8 Å². The molecule has 2 unspecified atom stereocenters. The number of hydrogen-bond donors (Lipinski definition) is 3. The van der Waals surface area contributed by atoms with Crippen LogP contribution in [-0.2, 0) is 4.79 Å². The zero-order valence-electron chi connectivity index (χ0n) is 13.0. The van der Waals surface area contributed by atoms with Gasteiger partial charge in [-0.25, -0.2) is 4.79 Å². The summed E-state index contributed by atoms with van der Waals surface area (Å²) in [5, 5.41) is 14.5. The van der Waals surface area contributed by atoms with Gasteiger partial charge in [-0.05, 0) is 38.8 Å². The van der Waals surface area contributed by atoms with Gasteiger partial charge in [0.2, 0.25) is 0 Å². The maximum absolute atomic E-state index is 12.0. The van der Waals surface area contributed by atoms with Crippen molar-refractivity contribution >= 4 is 23.3 Å². The van der Waals surface area contributed by atoms with Crippen molar-refractivity contribution in [2.45, 2.75) is 59.0 Å². The Morgan fingerprint density at radius 3 is 2.48 bits per heavy atom. The van der Waals surface area contributed by atoms with Crippen molar-refractivity contribution in [2.24, 2.45) is 0 Å². The number of carbonyl (C=O) groups is 2. The molecule has 1 heterocycles. The monoisotopic (exact) mass is 312 g/mol. The van der Waals surface area contributed by atoms with Crippen molar-refractivity contribution in [1.82, 2.24) is 10.6 Å². The summed E-state index contributed by atoms with van der Waals surface area (Å²) in [5.74, 6) is -0.897. The number of carboxylic acid groups (broad SMARTS) is 1. The first-order valence-electron chi connectivity index (χ1n) is 7.19. The minimum Gasteiger partial charge on any atom is -0.481 e. The number of rotatable bonds is 7. The van der Waals surface area contributed by atoms with Gasteiger partial charge in [-0.3, -0.25) is 4.79 Å². The number of carbonyl (C=O) groups excluding carboxylic acids is 1. The van der Waals surface area contributed by atoms with Crippen LogP contribution in [0.15, 0.2) is 6.07 Å². The number of carboxylic acids is 1. The van der Waals surface area contributed by atoms with Crippen LogP contribution in [0.1, 0.15) is 54.5 Å². The maximum Gasteiger partial charge on any atom is 0.315 e. The molecule has 0 aliphatic carbocycles. The van der Waals surface area contributed by atoms with Gasteiger partial charge in [0.15, 0.2) is 0 Å². The Bertz CT molecular complexity index is 499. The number of hydrogen-bond acceptors (Lipinski definition) is 3. The summed E-state index contributed by atoms with van der Waals surface area (Å²) in [4.78, 5) is 25.2. The number of aliphatic carboxylic acids is 1. The fourth-order valence-electron chi connectivity index (χ4n) is 2.37. The topological polar surface area (TPSA) is 78.4 Å². The first-order valence-corrected chi connectivity index (χ1v) is 8.00. The number of amides is 2. The fraction of sp³-hybridized carbons (Fsp3) is 0.600. The molecule has 3 N–H and O–H groups in total. The Hall–Kier alpha value is -1.56. The number of thiophene rings is 1. The molecule has 6 heteroatoms. The molecular weight excluding hydrogens is 288 g/mol. The van der Waals surface area contributed by atoms with E-state index in [0.29, 0.717) is 6.42 Å². The van der Waals surface area contributed by atoms with Crippen molar-refractivity contribution < 1.29 is 14.7 Å². The zero-order valence-corrected chi connectivity index (χ0v) is 13.8. The van der Waals surface area contributed by atoms with E-state index >= 15 is 0 Å². The highest BCUT2D eigenvalue weighted by atomic mass is 32.1. The van der Waals surface area contributed by atoms with Crippen LogP contribution < -0.4 is 10.6 Å². The minimum atomic E-state index is -0.897. The average molecular weight is 312 g/mol. The molecule has 1 rings (SSSR count). The Balaban J connectivity index is 2.58. The van der Waals surface area contributed by atoms with E-state index in [4.69, 9.17) is 5.11 Å². The smallest absolute Gasteiger partial charge is 0.315 e. The van der Waals surface area contributed by atoms with E-state index < -0.39 is 5.97 Å². The van der Waals surface area contributed by atoms with Gasteiger partial charge in [-0.15, -0.1) is 11.3 Å². The van der Waals surface area contributed by atoms with E-state index in [0.717, 1.165) is 12.0 Å². The Kier molecular flexibility index (Phi) is 6.68. The molecule has 0 radical (unpaired) electrons. The van der Waals surface area contributed by atoms with Crippen molar-refractivity contribution in [3.8, 4) is 0 Å². The Labute approximate surface area is 129 Å². The second-order valence-corrected chi connectivity index (χ2v) is 6.75. The zero-order chi connectivity index (χ0) is 16.0. The molecule has 0 saturated heterocycles.